The highest BCUT2D eigenvalue weighted by Crippen LogP contribution is 2.39. The summed E-state index contributed by atoms with van der Waals surface area (Å²) in [5, 5.41) is 0. The highest BCUT2D eigenvalue weighted by Gasteiger charge is 2.43. The number of rotatable bonds is 14. The van der Waals surface area contributed by atoms with Gasteiger partial charge in [0.05, 0.1) is 11.2 Å². The molecule has 0 N–H and O–H groups in total. The lowest BCUT2D eigenvalue weighted by Gasteiger charge is -2.40. The average Bonchev–Trinajstić information content (AvgIpc) is 2.59. The predicted octanol–water partition coefficient (Wildman–Crippen LogP) is 7.51. The van der Waals surface area contributed by atoms with Crippen LogP contribution in [0.3, 0.4) is 0 Å². The van der Waals surface area contributed by atoms with E-state index in [0.717, 1.165) is 44.9 Å². The van der Waals surface area contributed by atoms with Crippen LogP contribution in [0.15, 0.2) is 0 Å². The maximum atomic E-state index is 6.01. The molecule has 1 fully saturated rings. The van der Waals surface area contributed by atoms with Crippen LogP contribution in [0.1, 0.15) is 126 Å². The van der Waals surface area contributed by atoms with E-state index in [1.54, 1.807) is 0 Å². The van der Waals surface area contributed by atoms with E-state index < -0.39 is 5.79 Å². The Morgan fingerprint density at radius 2 is 1.30 bits per heavy atom. The Labute approximate surface area is 168 Å². The summed E-state index contributed by atoms with van der Waals surface area (Å²) >= 11 is 0. The fourth-order valence-corrected chi connectivity index (χ4v) is 3.68. The molecule has 1 aliphatic carbocycles. The van der Waals surface area contributed by atoms with Gasteiger partial charge in [-0.05, 0) is 52.9 Å². The van der Waals surface area contributed by atoms with E-state index in [0.29, 0.717) is 5.92 Å². The first-order valence-corrected chi connectivity index (χ1v) is 11.4. The van der Waals surface area contributed by atoms with E-state index in [2.05, 4.69) is 48.5 Å². The van der Waals surface area contributed by atoms with Gasteiger partial charge in [0.1, 0.15) is 0 Å². The summed E-state index contributed by atoms with van der Waals surface area (Å²) in [6, 6.07) is 0. The van der Waals surface area contributed by atoms with Crippen molar-refractivity contribution >= 4 is 0 Å². The van der Waals surface area contributed by atoms with Crippen LogP contribution in [-0.4, -0.2) is 17.0 Å². The Hall–Kier alpha value is -0.160. The quantitative estimate of drug-likeness (QED) is 0.134. The zero-order valence-corrected chi connectivity index (χ0v) is 19.2. The van der Waals surface area contributed by atoms with Crippen molar-refractivity contribution in [2.24, 2.45) is 5.92 Å². The van der Waals surface area contributed by atoms with Crippen LogP contribution in [-0.2, 0) is 19.6 Å². The Morgan fingerprint density at radius 1 is 0.815 bits per heavy atom. The molecule has 1 aliphatic rings. The minimum absolute atomic E-state index is 0.317. The molecule has 0 amide bonds. The summed E-state index contributed by atoms with van der Waals surface area (Å²) in [6.07, 6.45) is 13.0. The molecule has 0 aliphatic heterocycles. The second kappa shape index (κ2) is 11.7. The molecule has 27 heavy (non-hydrogen) atoms. The van der Waals surface area contributed by atoms with Gasteiger partial charge < -0.3 is 0 Å². The van der Waals surface area contributed by atoms with Gasteiger partial charge in [-0.2, -0.15) is 9.78 Å². The largest absolute Gasteiger partial charge is 0.234 e. The fraction of sp³-hybridized carbons (Fsp3) is 1.00. The summed E-state index contributed by atoms with van der Waals surface area (Å²) in [6.45, 7) is 15.1. The zero-order chi connectivity index (χ0) is 20.4. The molecule has 162 valence electrons. The van der Waals surface area contributed by atoms with E-state index in [-0.39, 0.29) is 11.2 Å². The summed E-state index contributed by atoms with van der Waals surface area (Å²) in [5.41, 5.74) is -0.633. The van der Waals surface area contributed by atoms with E-state index >= 15 is 0 Å². The maximum Gasteiger partial charge on any atom is 0.234 e. The molecule has 0 aromatic rings. The highest BCUT2D eigenvalue weighted by atomic mass is 17.3. The van der Waals surface area contributed by atoms with Gasteiger partial charge in [-0.3, -0.25) is 0 Å². The van der Waals surface area contributed by atoms with Crippen LogP contribution in [0.4, 0.5) is 0 Å². The first-order valence-electron chi connectivity index (χ1n) is 11.4. The van der Waals surface area contributed by atoms with Crippen molar-refractivity contribution in [1.29, 1.82) is 0 Å². The lowest BCUT2D eigenvalue weighted by atomic mass is 9.86. The Balaban J connectivity index is 2.64. The normalized spacial score (nSPS) is 20.8. The number of hydrogen-bond donors (Lipinski definition) is 0. The zero-order valence-electron chi connectivity index (χ0n) is 19.2. The van der Waals surface area contributed by atoms with E-state index in [1.807, 2.05) is 0 Å². The number of hydrogen-bond acceptors (Lipinski definition) is 4. The van der Waals surface area contributed by atoms with E-state index in [9.17, 15) is 0 Å². The van der Waals surface area contributed by atoms with Crippen molar-refractivity contribution in [2.45, 2.75) is 143 Å². The Bertz CT molecular complexity index is 366. The first kappa shape index (κ1) is 24.9. The number of unbranched alkanes of at least 4 members (excludes halogenated alkanes) is 4. The smallest absolute Gasteiger partial charge is 0.228 e. The molecule has 0 bridgehead atoms. The maximum absolute atomic E-state index is 6.01. The minimum atomic E-state index is -0.790. The van der Waals surface area contributed by atoms with Gasteiger partial charge >= 0.3 is 0 Å². The van der Waals surface area contributed by atoms with Crippen molar-refractivity contribution in [3.8, 4) is 0 Å². The van der Waals surface area contributed by atoms with Crippen molar-refractivity contribution in [2.75, 3.05) is 0 Å². The topological polar surface area (TPSA) is 36.9 Å². The SMILES string of the molecule is CCCCCC(C)(C)OOC1(OOC(C)(C)CCCCC)CCCC(C)C1. The summed E-state index contributed by atoms with van der Waals surface area (Å²) in [5.74, 6) is -0.251. The third-order valence-corrected chi connectivity index (χ3v) is 5.52. The first-order chi connectivity index (χ1) is 12.6. The van der Waals surface area contributed by atoms with Gasteiger partial charge in [-0.15, -0.1) is 0 Å². The Morgan fingerprint density at radius 3 is 1.70 bits per heavy atom. The molecule has 0 spiro atoms. The van der Waals surface area contributed by atoms with Crippen LogP contribution in [0, 0.1) is 5.92 Å². The van der Waals surface area contributed by atoms with Crippen LogP contribution >= 0.6 is 0 Å². The predicted molar refractivity (Wildman–Crippen MR) is 111 cm³/mol. The van der Waals surface area contributed by atoms with E-state index in [4.69, 9.17) is 19.6 Å². The van der Waals surface area contributed by atoms with Crippen molar-refractivity contribution in [3.05, 3.63) is 0 Å². The standard InChI is InChI=1S/C23H46O4/c1-8-10-12-16-21(4,5)24-26-23(18-14-15-20(3)19-23)27-25-22(6,7)17-13-11-9-2/h20H,8-19H2,1-7H3. The molecule has 4 nitrogen and oxygen atoms in total. The molecule has 1 saturated carbocycles. The lowest BCUT2D eigenvalue weighted by Crippen LogP contribution is -2.45. The highest BCUT2D eigenvalue weighted by molar-refractivity contribution is 4.78. The fourth-order valence-electron chi connectivity index (χ4n) is 3.68. The monoisotopic (exact) mass is 386 g/mol. The second-order valence-corrected chi connectivity index (χ2v) is 9.88. The molecule has 1 unspecified atom stereocenters. The molecule has 0 heterocycles. The summed E-state index contributed by atoms with van der Waals surface area (Å²) in [7, 11) is 0. The van der Waals surface area contributed by atoms with Crippen LogP contribution < -0.4 is 0 Å². The van der Waals surface area contributed by atoms with Crippen LogP contribution in [0.25, 0.3) is 0 Å². The van der Waals surface area contributed by atoms with Gasteiger partial charge in [0.2, 0.25) is 5.79 Å². The summed E-state index contributed by atoms with van der Waals surface area (Å²) < 4.78 is 0. The average molecular weight is 387 g/mol. The lowest BCUT2D eigenvalue weighted by molar-refractivity contribution is -0.549. The van der Waals surface area contributed by atoms with E-state index in [1.165, 1.54) is 32.1 Å². The molecule has 0 saturated heterocycles. The van der Waals surface area contributed by atoms with Gasteiger partial charge in [-0.1, -0.05) is 65.7 Å². The van der Waals surface area contributed by atoms with Gasteiger partial charge in [0, 0.05) is 12.8 Å². The van der Waals surface area contributed by atoms with Gasteiger partial charge in [0.25, 0.3) is 0 Å². The molecule has 0 aromatic heterocycles. The van der Waals surface area contributed by atoms with Crippen molar-refractivity contribution in [1.82, 2.24) is 0 Å². The third-order valence-electron chi connectivity index (χ3n) is 5.52. The van der Waals surface area contributed by atoms with Crippen molar-refractivity contribution in [3.63, 3.8) is 0 Å². The third kappa shape index (κ3) is 10.3. The minimum Gasteiger partial charge on any atom is -0.228 e. The molecule has 0 radical (unpaired) electrons. The van der Waals surface area contributed by atoms with Crippen molar-refractivity contribution < 1.29 is 19.6 Å². The van der Waals surface area contributed by atoms with Gasteiger partial charge in [-0.25, -0.2) is 9.78 Å². The molecule has 1 atom stereocenters. The molecule has 1 rings (SSSR count). The second-order valence-electron chi connectivity index (χ2n) is 9.88. The molecule has 4 heteroatoms. The van der Waals surface area contributed by atoms with Crippen LogP contribution in [0.5, 0.6) is 0 Å². The molecular weight excluding hydrogens is 340 g/mol. The molecular formula is C23H46O4. The van der Waals surface area contributed by atoms with Gasteiger partial charge in [0.15, 0.2) is 0 Å². The Kier molecular flexibility index (Phi) is 10.8. The summed E-state index contributed by atoms with van der Waals surface area (Å²) in [4.78, 5) is 23.9. The van der Waals surface area contributed by atoms with Crippen LogP contribution in [0.2, 0.25) is 0 Å². The molecule has 0 aromatic carbocycles.